The molecule has 0 radical (unpaired) electrons. The van der Waals surface area contributed by atoms with Crippen molar-refractivity contribution in [2.45, 2.75) is 13.5 Å². The Morgan fingerprint density at radius 2 is 2.07 bits per heavy atom. The number of esters is 1. The Morgan fingerprint density at radius 3 is 2.78 bits per heavy atom. The van der Waals surface area contributed by atoms with Gasteiger partial charge in [0.2, 0.25) is 0 Å². The minimum Gasteiger partial charge on any atom is -0.507 e. The molecule has 0 aliphatic carbocycles. The normalized spacial score (nSPS) is 10.6. The molecule has 0 amide bonds. The number of fused-ring (bicyclic) bond motifs is 1. The van der Waals surface area contributed by atoms with E-state index in [0.29, 0.717) is 32.4 Å². The molecule has 6 nitrogen and oxygen atoms in total. The molecule has 2 aromatic carbocycles. The Balaban J connectivity index is 2.10. The molecule has 7 heteroatoms. The summed E-state index contributed by atoms with van der Waals surface area (Å²) in [6.07, 6.45) is 0. The van der Waals surface area contributed by atoms with Crippen LogP contribution in [0.4, 0.5) is 0 Å². The third kappa shape index (κ3) is 3.49. The van der Waals surface area contributed by atoms with Gasteiger partial charge in [-0.25, -0.2) is 4.79 Å². The third-order valence-corrected chi connectivity index (χ3v) is 4.88. The first-order valence-electron chi connectivity index (χ1n) is 8.26. The van der Waals surface area contributed by atoms with E-state index >= 15 is 0 Å². The molecule has 1 N–H and O–H groups in total. The lowest BCUT2D eigenvalue weighted by molar-refractivity contribution is 0.0525. The summed E-state index contributed by atoms with van der Waals surface area (Å²) < 4.78 is 13.4. The lowest BCUT2D eigenvalue weighted by Gasteiger charge is -2.11. The number of hydrogen-bond acceptors (Lipinski definition) is 5. The number of aromatic hydroxyl groups is 1. The highest BCUT2D eigenvalue weighted by Gasteiger charge is 2.24. The van der Waals surface area contributed by atoms with E-state index < -0.39 is 5.97 Å². The van der Waals surface area contributed by atoms with Gasteiger partial charge in [0.15, 0.2) is 0 Å². The van der Waals surface area contributed by atoms with Crippen molar-refractivity contribution in [3.05, 3.63) is 57.7 Å². The third-order valence-electron chi connectivity index (χ3n) is 4.24. The van der Waals surface area contributed by atoms with E-state index in [1.165, 1.54) is 6.07 Å². The van der Waals surface area contributed by atoms with Crippen LogP contribution in [-0.4, -0.2) is 22.2 Å². The minimum atomic E-state index is -0.489. The van der Waals surface area contributed by atoms with E-state index in [1.54, 1.807) is 37.3 Å². The number of halogens is 1. The Morgan fingerprint density at radius 1 is 1.33 bits per heavy atom. The molecule has 3 rings (SSSR count). The average molecular weight is 429 g/mol. The predicted octanol–water partition coefficient (Wildman–Crippen LogP) is 4.27. The van der Waals surface area contributed by atoms with Crippen LogP contribution in [0.2, 0.25) is 0 Å². The Kier molecular flexibility index (Phi) is 5.38. The van der Waals surface area contributed by atoms with Crippen molar-refractivity contribution in [3.8, 4) is 17.6 Å². The van der Waals surface area contributed by atoms with Crippen LogP contribution in [0.15, 0.2) is 40.9 Å². The van der Waals surface area contributed by atoms with Gasteiger partial charge in [0, 0.05) is 12.4 Å². The summed E-state index contributed by atoms with van der Waals surface area (Å²) in [7, 11) is 1.81. The second kappa shape index (κ2) is 7.72. The first-order valence-corrected chi connectivity index (χ1v) is 9.06. The van der Waals surface area contributed by atoms with Gasteiger partial charge in [0.1, 0.15) is 24.2 Å². The van der Waals surface area contributed by atoms with Crippen molar-refractivity contribution in [1.82, 2.24) is 4.57 Å². The van der Waals surface area contributed by atoms with Gasteiger partial charge in [-0.3, -0.25) is 0 Å². The first kappa shape index (κ1) is 18.8. The molecular weight excluding hydrogens is 412 g/mol. The molecule has 0 atom stereocenters. The fourth-order valence-corrected chi connectivity index (χ4v) is 3.26. The van der Waals surface area contributed by atoms with Gasteiger partial charge in [-0.05, 0) is 47.1 Å². The van der Waals surface area contributed by atoms with E-state index in [0.717, 1.165) is 5.52 Å². The van der Waals surface area contributed by atoms with Crippen LogP contribution >= 0.6 is 15.9 Å². The van der Waals surface area contributed by atoms with Gasteiger partial charge >= 0.3 is 5.97 Å². The van der Waals surface area contributed by atoms with Gasteiger partial charge in [-0.2, -0.15) is 5.26 Å². The summed E-state index contributed by atoms with van der Waals surface area (Å²) in [6, 6.07) is 12.2. The summed E-state index contributed by atoms with van der Waals surface area (Å²) in [5, 5.41) is 19.8. The first-order chi connectivity index (χ1) is 13.0. The summed E-state index contributed by atoms with van der Waals surface area (Å²) in [6.45, 7) is 2.03. The number of aryl methyl sites for hydroxylation is 1. The van der Waals surface area contributed by atoms with Crippen molar-refractivity contribution in [3.63, 3.8) is 0 Å². The summed E-state index contributed by atoms with van der Waals surface area (Å²) in [4.78, 5) is 12.6. The van der Waals surface area contributed by atoms with E-state index in [2.05, 4.69) is 22.0 Å². The zero-order chi connectivity index (χ0) is 19.6. The maximum Gasteiger partial charge on any atom is 0.340 e. The summed E-state index contributed by atoms with van der Waals surface area (Å²) in [5.41, 5.74) is 2.09. The van der Waals surface area contributed by atoms with Gasteiger partial charge < -0.3 is 19.1 Å². The number of para-hydroxylation sites is 1. The maximum absolute atomic E-state index is 12.6. The number of ether oxygens (including phenoxy) is 2. The highest BCUT2D eigenvalue weighted by atomic mass is 79.9. The molecule has 0 bridgehead atoms. The zero-order valence-electron chi connectivity index (χ0n) is 14.8. The van der Waals surface area contributed by atoms with E-state index in [9.17, 15) is 15.2 Å². The van der Waals surface area contributed by atoms with Crippen molar-refractivity contribution in [1.29, 1.82) is 5.26 Å². The number of carbonyl (C=O) groups excluding carboxylic acids is 1. The van der Waals surface area contributed by atoms with Crippen molar-refractivity contribution >= 4 is 32.8 Å². The predicted molar refractivity (Wildman–Crippen MR) is 104 cm³/mol. The number of rotatable bonds is 5. The average Bonchev–Trinajstić information content (AvgIpc) is 2.92. The van der Waals surface area contributed by atoms with Crippen LogP contribution in [-0.2, 0) is 18.4 Å². The number of phenolic OH excluding ortho intramolecular Hbond substituents is 1. The number of carbonyl (C=O) groups is 1. The number of aromatic nitrogens is 1. The molecule has 1 heterocycles. The molecule has 0 fully saturated rings. The van der Waals surface area contributed by atoms with Crippen molar-refractivity contribution in [2.75, 3.05) is 6.61 Å². The quantitative estimate of drug-likeness (QED) is 0.613. The second-order valence-electron chi connectivity index (χ2n) is 5.82. The fraction of sp³-hybridized carbons (Fsp3) is 0.200. The van der Waals surface area contributed by atoms with Gasteiger partial charge in [-0.15, -0.1) is 0 Å². The van der Waals surface area contributed by atoms with Crippen molar-refractivity contribution < 1.29 is 19.4 Å². The molecular formula is C20H17BrN2O4. The SMILES string of the molecule is CCOC(=O)c1c(COc2ccccc2C#N)n(C)c2cc(Br)c(O)cc12. The fourth-order valence-electron chi connectivity index (χ4n) is 2.93. The van der Waals surface area contributed by atoms with Gasteiger partial charge in [0.05, 0.1) is 33.4 Å². The monoisotopic (exact) mass is 428 g/mol. The maximum atomic E-state index is 12.6. The lowest BCUT2D eigenvalue weighted by atomic mass is 10.1. The van der Waals surface area contributed by atoms with Crippen LogP contribution < -0.4 is 4.74 Å². The number of phenols is 1. The molecule has 0 aliphatic heterocycles. The molecule has 27 heavy (non-hydrogen) atoms. The van der Waals surface area contributed by atoms with E-state index in [4.69, 9.17) is 9.47 Å². The van der Waals surface area contributed by atoms with Crippen LogP contribution in [0.1, 0.15) is 28.5 Å². The van der Waals surface area contributed by atoms with Crippen molar-refractivity contribution in [2.24, 2.45) is 7.05 Å². The van der Waals surface area contributed by atoms with E-state index in [-0.39, 0.29) is 19.0 Å². The van der Waals surface area contributed by atoms with Crippen LogP contribution in [0.5, 0.6) is 11.5 Å². The summed E-state index contributed by atoms with van der Waals surface area (Å²) in [5.74, 6) is -0.0259. The lowest BCUT2D eigenvalue weighted by Crippen LogP contribution is -2.11. The minimum absolute atomic E-state index is 0.0287. The van der Waals surface area contributed by atoms with Gasteiger partial charge in [0.25, 0.3) is 0 Å². The number of benzene rings is 2. The number of hydrogen-bond donors (Lipinski definition) is 1. The topological polar surface area (TPSA) is 84.5 Å². The number of nitriles is 1. The van der Waals surface area contributed by atoms with Crippen LogP contribution in [0.25, 0.3) is 10.9 Å². The Bertz CT molecular complexity index is 1070. The highest BCUT2D eigenvalue weighted by Crippen LogP contribution is 2.35. The molecule has 0 saturated heterocycles. The standard InChI is InChI=1S/C20H17BrN2O4/c1-3-26-20(25)19-13-8-17(24)14(21)9-15(13)23(2)16(19)11-27-18-7-5-4-6-12(18)10-22/h4-9,24H,3,11H2,1-2H3. The summed E-state index contributed by atoms with van der Waals surface area (Å²) >= 11 is 3.30. The Labute approximate surface area is 164 Å². The smallest absolute Gasteiger partial charge is 0.340 e. The van der Waals surface area contributed by atoms with E-state index in [1.807, 2.05) is 11.6 Å². The largest absolute Gasteiger partial charge is 0.507 e. The number of nitrogens with zero attached hydrogens (tertiary/aromatic N) is 2. The second-order valence-corrected chi connectivity index (χ2v) is 6.67. The molecule has 0 saturated carbocycles. The Hall–Kier alpha value is -2.98. The highest BCUT2D eigenvalue weighted by molar-refractivity contribution is 9.10. The van der Waals surface area contributed by atoms with Gasteiger partial charge in [-0.1, -0.05) is 12.1 Å². The van der Waals surface area contributed by atoms with Crippen LogP contribution in [0, 0.1) is 11.3 Å². The van der Waals surface area contributed by atoms with Crippen LogP contribution in [0.3, 0.4) is 0 Å². The molecule has 1 aromatic heterocycles. The molecule has 0 unspecified atom stereocenters. The molecule has 0 spiro atoms. The molecule has 138 valence electrons. The molecule has 3 aromatic rings. The zero-order valence-corrected chi connectivity index (χ0v) is 16.4. The molecule has 0 aliphatic rings.